The lowest BCUT2D eigenvalue weighted by Crippen LogP contribution is -2.96. The molecule has 0 aromatic rings. The smallest absolute Gasteiger partial charge is 0.141 e. The highest BCUT2D eigenvalue weighted by Gasteiger charge is 2.82. The number of rotatable bonds is 10. The summed E-state index contributed by atoms with van der Waals surface area (Å²) in [6, 6.07) is 0. The molecular weight excluding hydrogens is 489 g/mol. The van der Waals surface area contributed by atoms with Crippen LogP contribution in [-0.4, -0.2) is 98.8 Å². The Kier molecular flexibility index (Phi) is 8.74. The number of hydrogen-bond donors (Lipinski definition) is 5. The van der Waals surface area contributed by atoms with Gasteiger partial charge in [0.15, 0.2) is 0 Å². The second-order valence-electron chi connectivity index (χ2n) is 14.7. The van der Waals surface area contributed by atoms with Crippen LogP contribution in [0.1, 0.15) is 0 Å². The van der Waals surface area contributed by atoms with Crippen LogP contribution in [0.2, 0.25) is 98.2 Å². The van der Waals surface area contributed by atoms with E-state index in [4.69, 9.17) is 0 Å². The Hall–Kier alpha value is 0.554. The summed E-state index contributed by atoms with van der Waals surface area (Å²) in [5.41, 5.74) is 0. The first kappa shape index (κ1) is 32.6. The summed E-state index contributed by atoms with van der Waals surface area (Å²) in [7, 11) is -14.5. The Morgan fingerprint density at radius 3 is 1.03 bits per heavy atom. The molecule has 0 aromatic heterocycles. The summed E-state index contributed by atoms with van der Waals surface area (Å²) in [6.45, 7) is 26.8. The van der Waals surface area contributed by atoms with Crippen molar-refractivity contribution in [1.29, 1.82) is 0 Å². The van der Waals surface area contributed by atoms with Crippen LogP contribution in [0.15, 0.2) is 0 Å². The second kappa shape index (κ2) is 8.59. The molecule has 0 aliphatic rings. The van der Waals surface area contributed by atoms with Crippen LogP contribution in [0.4, 0.5) is 0 Å². The zero-order chi connectivity index (χ0) is 26.8. The van der Waals surface area contributed by atoms with E-state index >= 15 is 0 Å². The minimum atomic E-state index is -3.07. The Bertz CT molecular complexity index is 713. The van der Waals surface area contributed by atoms with Crippen LogP contribution in [0.3, 0.4) is 0 Å². The lowest BCUT2D eigenvalue weighted by Gasteiger charge is -2.69. The molecule has 6 nitrogen and oxygen atoms in total. The molecule has 0 bridgehead atoms. The number of aliphatic hydroxyl groups is 5. The highest BCUT2D eigenvalue weighted by molar-refractivity contribution is 7.09. The molecule has 0 aliphatic carbocycles. The van der Waals surface area contributed by atoms with E-state index in [0.717, 1.165) is 0 Å². The second-order valence-corrected chi connectivity index (χ2v) is 40.7. The van der Waals surface area contributed by atoms with Gasteiger partial charge in [0, 0.05) is 0 Å². The maximum absolute atomic E-state index is 14.1. The molecule has 0 radical (unpaired) electrons. The average molecular weight is 541 g/mol. The molecule has 0 aliphatic heterocycles. The summed E-state index contributed by atoms with van der Waals surface area (Å²) in [4.78, 5) is 14.1. The standard InChI is InChI=1S/C21H52O6Si5/c1-28(2,3)17(23)19(25,30(7,8)9)21(27,32(13,14)15)20(26,31(10,11)12)18(24,16-22)29(4,5)6/h22,24-27H,16H2,1-15H3/t18-,19+,20-,21-/m0/s1. The fourth-order valence-electron chi connectivity index (χ4n) is 5.29. The van der Waals surface area contributed by atoms with Gasteiger partial charge in [-0.15, -0.1) is 0 Å². The minimum Gasteiger partial charge on any atom is -0.394 e. The molecule has 0 amide bonds. The van der Waals surface area contributed by atoms with Crippen molar-refractivity contribution >= 4 is 45.8 Å². The third-order valence-electron chi connectivity index (χ3n) is 7.38. The van der Waals surface area contributed by atoms with E-state index in [1.165, 1.54) is 0 Å². The van der Waals surface area contributed by atoms with Crippen LogP contribution in [0.25, 0.3) is 0 Å². The molecular formula is C21H52O6Si5. The zero-order valence-corrected chi connectivity index (χ0v) is 28.4. The topological polar surface area (TPSA) is 118 Å². The fourth-order valence-corrected chi connectivity index (χ4v) is 24.7. The normalized spacial score (nSPS) is 22.4. The summed E-state index contributed by atoms with van der Waals surface area (Å²) >= 11 is 0. The van der Waals surface area contributed by atoms with E-state index in [9.17, 15) is 30.3 Å². The first-order chi connectivity index (χ1) is 13.5. The van der Waals surface area contributed by atoms with Crippen molar-refractivity contribution in [3.05, 3.63) is 0 Å². The molecule has 0 saturated heterocycles. The fraction of sp³-hybridized carbons (Fsp3) is 0.952. The van der Waals surface area contributed by atoms with Crippen LogP contribution < -0.4 is 0 Å². The Balaban J connectivity index is 8.31. The van der Waals surface area contributed by atoms with E-state index in [2.05, 4.69) is 0 Å². The molecule has 32 heavy (non-hydrogen) atoms. The lowest BCUT2D eigenvalue weighted by molar-refractivity contribution is -0.204. The van der Waals surface area contributed by atoms with Gasteiger partial charge in [-0.2, -0.15) is 0 Å². The molecule has 192 valence electrons. The first-order valence-electron chi connectivity index (χ1n) is 11.5. The zero-order valence-electron chi connectivity index (χ0n) is 23.4. The maximum atomic E-state index is 14.1. The maximum Gasteiger partial charge on any atom is 0.141 e. The predicted octanol–water partition coefficient (Wildman–Crippen LogP) is 2.86. The Morgan fingerprint density at radius 2 is 0.875 bits per heavy atom. The minimum absolute atomic E-state index is 0.387. The number of hydrogen-bond acceptors (Lipinski definition) is 6. The van der Waals surface area contributed by atoms with Crippen molar-refractivity contribution in [2.75, 3.05) is 6.61 Å². The van der Waals surface area contributed by atoms with E-state index in [0.29, 0.717) is 0 Å². The van der Waals surface area contributed by atoms with Crippen molar-refractivity contribution in [2.24, 2.45) is 0 Å². The molecule has 11 heteroatoms. The highest BCUT2D eigenvalue weighted by Crippen LogP contribution is 2.55. The van der Waals surface area contributed by atoms with E-state index in [1.54, 1.807) is 0 Å². The molecule has 0 fully saturated rings. The van der Waals surface area contributed by atoms with Crippen LogP contribution >= 0.6 is 0 Å². The van der Waals surface area contributed by atoms with Gasteiger partial charge >= 0.3 is 0 Å². The van der Waals surface area contributed by atoms with E-state index < -0.39 is 67.9 Å². The van der Waals surface area contributed by atoms with Gasteiger partial charge in [0.25, 0.3) is 0 Å². The van der Waals surface area contributed by atoms with Gasteiger partial charge in [-0.25, -0.2) is 0 Å². The summed E-state index contributed by atoms with van der Waals surface area (Å²) in [5.74, 6) is 0. The van der Waals surface area contributed by atoms with Gasteiger partial charge in [0.1, 0.15) is 34.4 Å². The number of aliphatic hydroxyl groups excluding tert-OH is 1. The van der Waals surface area contributed by atoms with Crippen LogP contribution in [0, 0.1) is 0 Å². The third-order valence-corrected chi connectivity index (χ3v) is 21.7. The molecule has 0 spiro atoms. The summed E-state index contributed by atoms with van der Waals surface area (Å²) in [5, 5.41) is 52.2. The molecule has 0 heterocycles. The third kappa shape index (κ3) is 4.32. The van der Waals surface area contributed by atoms with Crippen molar-refractivity contribution in [1.82, 2.24) is 0 Å². The van der Waals surface area contributed by atoms with Crippen molar-refractivity contribution in [2.45, 2.75) is 119 Å². The molecule has 0 unspecified atom stereocenters. The molecule has 0 saturated carbocycles. The number of carbonyl (C=O) groups excluding carboxylic acids is 1. The quantitative estimate of drug-likeness (QED) is 0.272. The van der Waals surface area contributed by atoms with Gasteiger partial charge in [-0.3, -0.25) is 0 Å². The van der Waals surface area contributed by atoms with E-state index in [-0.39, 0.29) is 5.41 Å². The SMILES string of the molecule is C[Si](C)(C)C(=O)[C@](O)([C@@](O)([C@](O)([C@](O)(CO)[Si](C)(C)C)[Si](C)(C)C)[Si](C)(C)C)[Si](C)(C)C. The van der Waals surface area contributed by atoms with Gasteiger partial charge in [-0.05, 0) is 0 Å². The van der Waals surface area contributed by atoms with Gasteiger partial charge in [-0.1, -0.05) is 98.2 Å². The van der Waals surface area contributed by atoms with Crippen molar-refractivity contribution < 1.29 is 30.3 Å². The molecule has 5 N–H and O–H groups in total. The average Bonchev–Trinajstić information content (AvgIpc) is 2.52. The Labute approximate surface area is 201 Å². The Morgan fingerprint density at radius 1 is 0.562 bits per heavy atom. The summed E-state index contributed by atoms with van der Waals surface area (Å²) < 4.78 is 0. The van der Waals surface area contributed by atoms with Gasteiger partial charge < -0.3 is 30.3 Å². The van der Waals surface area contributed by atoms with E-state index in [1.807, 2.05) is 98.2 Å². The number of carbonyl (C=O) groups is 1. The summed E-state index contributed by atoms with van der Waals surface area (Å²) in [6.07, 6.45) is 0. The van der Waals surface area contributed by atoms with Crippen molar-refractivity contribution in [3.8, 4) is 0 Å². The lowest BCUT2D eigenvalue weighted by atomic mass is 9.99. The van der Waals surface area contributed by atoms with Crippen LogP contribution in [-0.2, 0) is 4.79 Å². The monoisotopic (exact) mass is 540 g/mol. The largest absolute Gasteiger partial charge is 0.394 e. The van der Waals surface area contributed by atoms with Gasteiger partial charge in [0.2, 0.25) is 0 Å². The van der Waals surface area contributed by atoms with Crippen LogP contribution in [0.5, 0.6) is 0 Å². The molecule has 0 aromatic carbocycles. The van der Waals surface area contributed by atoms with Crippen molar-refractivity contribution in [3.63, 3.8) is 0 Å². The highest BCUT2D eigenvalue weighted by atomic mass is 28.3. The first-order valence-corrected chi connectivity index (χ1v) is 29.0. The molecule has 4 atom stereocenters. The predicted molar refractivity (Wildman–Crippen MR) is 149 cm³/mol. The van der Waals surface area contributed by atoms with Gasteiger partial charge in [0.05, 0.1) is 38.9 Å². The molecule has 0 rings (SSSR count).